The third-order valence-electron chi connectivity index (χ3n) is 5.09. The van der Waals surface area contributed by atoms with Crippen LogP contribution in [0.5, 0.6) is 0 Å². The van der Waals surface area contributed by atoms with Gasteiger partial charge in [0.25, 0.3) is 0 Å². The van der Waals surface area contributed by atoms with Gasteiger partial charge in [0.1, 0.15) is 7.05 Å². The molecule has 0 aliphatic carbocycles. The maximum atomic E-state index is 2.26. The van der Waals surface area contributed by atoms with Gasteiger partial charge in [-0.2, -0.15) is 0 Å². The highest BCUT2D eigenvalue weighted by Gasteiger charge is 2.09. The minimum Gasteiger partial charge on any atom is -1.00 e. The molecule has 0 fully saturated rings. The Labute approximate surface area is 169 Å². The van der Waals surface area contributed by atoms with E-state index in [0.29, 0.717) is 0 Å². The van der Waals surface area contributed by atoms with Gasteiger partial charge in [0.2, 0.25) is 5.69 Å². The number of hydrogen-bond donors (Lipinski definition) is 0. The molecule has 0 aliphatic heterocycles. The molecule has 1 aromatic heterocycles. The average Bonchev–Trinajstić information content (AvgIpc) is 2.66. The van der Waals surface area contributed by atoms with Gasteiger partial charge in [0.05, 0.1) is 0 Å². The van der Waals surface area contributed by atoms with Crippen LogP contribution in [0.3, 0.4) is 0 Å². The first kappa shape index (κ1) is 17.0. The molecule has 0 unspecified atom stereocenters. The van der Waals surface area contributed by atoms with Gasteiger partial charge in [-0.05, 0) is 50.0 Å². The first-order valence-corrected chi connectivity index (χ1v) is 8.60. The van der Waals surface area contributed by atoms with Crippen molar-refractivity contribution < 1.29 is 28.5 Å². The number of pyridine rings is 1. The molecule has 2 heteroatoms. The Morgan fingerprint density at radius 1 is 0.654 bits per heavy atom. The lowest BCUT2D eigenvalue weighted by molar-refractivity contribution is -0.673. The Morgan fingerprint density at radius 3 is 2.12 bits per heavy atom. The number of aryl methyl sites for hydroxylation is 1. The van der Waals surface area contributed by atoms with Crippen LogP contribution in [0.1, 0.15) is 11.3 Å². The highest BCUT2D eigenvalue weighted by molar-refractivity contribution is 6.24. The molecule has 5 rings (SSSR count). The van der Waals surface area contributed by atoms with Gasteiger partial charge in [0, 0.05) is 18.2 Å². The molecule has 26 heavy (non-hydrogen) atoms. The van der Waals surface area contributed by atoms with Crippen LogP contribution in [-0.2, 0) is 7.05 Å². The zero-order chi connectivity index (χ0) is 16.8. The minimum absolute atomic E-state index is 0. The normalized spacial score (nSPS) is 11.6. The van der Waals surface area contributed by atoms with Crippen LogP contribution in [0.2, 0.25) is 0 Å². The van der Waals surface area contributed by atoms with Crippen molar-refractivity contribution in [3.05, 3.63) is 90.3 Å². The molecule has 4 aromatic carbocycles. The third kappa shape index (κ3) is 2.65. The summed E-state index contributed by atoms with van der Waals surface area (Å²) in [5.74, 6) is 0. The van der Waals surface area contributed by atoms with E-state index in [0.717, 1.165) is 0 Å². The Morgan fingerprint density at radius 2 is 1.35 bits per heavy atom. The summed E-state index contributed by atoms with van der Waals surface area (Å²) in [6.07, 6.45) is 6.48. The lowest BCUT2D eigenvalue weighted by Gasteiger charge is -2.12. The smallest absolute Gasteiger partial charge is 0.204 e. The van der Waals surface area contributed by atoms with Crippen molar-refractivity contribution in [1.82, 2.24) is 0 Å². The number of hydrogen-bond acceptors (Lipinski definition) is 0. The van der Waals surface area contributed by atoms with E-state index in [4.69, 9.17) is 0 Å². The molecule has 0 atom stereocenters. The Bertz CT molecular complexity index is 1240. The van der Waals surface area contributed by atoms with Gasteiger partial charge < -0.3 is 24.0 Å². The molecule has 0 N–H and O–H groups in total. The first-order chi connectivity index (χ1) is 12.3. The van der Waals surface area contributed by atoms with Gasteiger partial charge in [-0.25, -0.2) is 4.57 Å². The fourth-order valence-corrected chi connectivity index (χ4v) is 3.79. The van der Waals surface area contributed by atoms with E-state index in [1.807, 2.05) is 6.07 Å². The van der Waals surface area contributed by atoms with Crippen LogP contribution in [0.4, 0.5) is 0 Å². The molecule has 0 aliphatic rings. The molecular weight excluding hydrogens is 429 g/mol. The second-order valence-corrected chi connectivity index (χ2v) is 6.58. The molecule has 0 spiro atoms. The number of nitrogens with zero attached hydrogens (tertiary/aromatic N) is 1. The van der Waals surface area contributed by atoms with Crippen molar-refractivity contribution >= 4 is 44.5 Å². The predicted octanol–water partition coefficient (Wildman–Crippen LogP) is 2.58. The van der Waals surface area contributed by atoms with Crippen molar-refractivity contribution in [2.75, 3.05) is 0 Å². The summed E-state index contributed by atoms with van der Waals surface area (Å²) in [5, 5.41) is 7.99. The van der Waals surface area contributed by atoms with Gasteiger partial charge >= 0.3 is 0 Å². The van der Waals surface area contributed by atoms with Crippen molar-refractivity contribution in [2.24, 2.45) is 7.05 Å². The third-order valence-corrected chi connectivity index (χ3v) is 5.09. The topological polar surface area (TPSA) is 3.88 Å². The van der Waals surface area contributed by atoms with Crippen LogP contribution in [-0.4, -0.2) is 0 Å². The highest BCUT2D eigenvalue weighted by Crippen LogP contribution is 2.36. The second kappa shape index (κ2) is 6.69. The van der Waals surface area contributed by atoms with Crippen molar-refractivity contribution in [2.45, 2.75) is 0 Å². The molecule has 0 bridgehead atoms. The van der Waals surface area contributed by atoms with Gasteiger partial charge in [0.15, 0.2) is 6.20 Å². The summed E-state index contributed by atoms with van der Waals surface area (Å²) in [6.45, 7) is 0. The van der Waals surface area contributed by atoms with E-state index in [-0.39, 0.29) is 24.0 Å². The van der Waals surface area contributed by atoms with Crippen LogP contribution in [0.15, 0.2) is 79.0 Å². The van der Waals surface area contributed by atoms with E-state index >= 15 is 0 Å². The largest absolute Gasteiger partial charge is 1.00 e. The number of halogens is 1. The summed E-state index contributed by atoms with van der Waals surface area (Å²) in [7, 11) is 2.07. The second-order valence-electron chi connectivity index (χ2n) is 6.58. The Kier molecular flexibility index (Phi) is 4.37. The molecule has 5 aromatic rings. The lowest BCUT2D eigenvalue weighted by Crippen LogP contribution is -3.00. The van der Waals surface area contributed by atoms with Crippen LogP contribution in [0.25, 0.3) is 44.5 Å². The van der Waals surface area contributed by atoms with Gasteiger partial charge in [-0.3, -0.25) is 0 Å². The van der Waals surface area contributed by atoms with Crippen molar-refractivity contribution in [3.63, 3.8) is 0 Å². The molecule has 126 valence electrons. The molecule has 0 saturated heterocycles. The van der Waals surface area contributed by atoms with E-state index in [2.05, 4.69) is 96.7 Å². The van der Waals surface area contributed by atoms with Crippen LogP contribution in [0, 0.1) is 0 Å². The van der Waals surface area contributed by atoms with Crippen LogP contribution < -0.4 is 28.5 Å². The number of aromatic nitrogens is 1. The molecule has 1 heterocycles. The van der Waals surface area contributed by atoms with E-state index < -0.39 is 0 Å². The fraction of sp³-hybridized carbons (Fsp3) is 0.0417. The summed E-state index contributed by atoms with van der Waals surface area (Å²) in [5.41, 5.74) is 2.45. The lowest BCUT2D eigenvalue weighted by atomic mass is 9.92. The van der Waals surface area contributed by atoms with Gasteiger partial charge in [-0.15, -0.1) is 0 Å². The maximum Gasteiger partial charge on any atom is 0.204 e. The van der Waals surface area contributed by atoms with E-state index in [1.54, 1.807) is 0 Å². The number of benzene rings is 4. The summed E-state index contributed by atoms with van der Waals surface area (Å²) in [6, 6.07) is 26.2. The van der Waals surface area contributed by atoms with Crippen molar-refractivity contribution in [3.8, 4) is 0 Å². The molecule has 0 saturated carbocycles. The fourth-order valence-electron chi connectivity index (χ4n) is 3.79. The monoisotopic (exact) mass is 447 g/mol. The molecule has 0 radical (unpaired) electrons. The Hall–Kier alpha value is -2.46. The molecular formula is C24H18IN. The molecule has 1 nitrogen and oxygen atoms in total. The summed E-state index contributed by atoms with van der Waals surface area (Å²) < 4.78 is 2.13. The minimum atomic E-state index is 0. The molecule has 0 amide bonds. The Balaban J connectivity index is 0.00000168. The highest BCUT2D eigenvalue weighted by atomic mass is 127. The summed E-state index contributed by atoms with van der Waals surface area (Å²) >= 11 is 0. The maximum absolute atomic E-state index is 2.26. The van der Waals surface area contributed by atoms with E-state index in [9.17, 15) is 0 Å². The van der Waals surface area contributed by atoms with Gasteiger partial charge in [-0.1, -0.05) is 54.6 Å². The summed E-state index contributed by atoms with van der Waals surface area (Å²) in [4.78, 5) is 0. The zero-order valence-electron chi connectivity index (χ0n) is 14.5. The van der Waals surface area contributed by atoms with Crippen LogP contribution >= 0.6 is 0 Å². The quantitative estimate of drug-likeness (QED) is 0.223. The average molecular weight is 447 g/mol. The SMILES string of the molecule is C[n+]1ccccc1/C=C/c1ccc2ccc3cccc4ccc1c2c34.[I-]. The standard InChI is InChI=1S/C24H18N.HI/c1-25-16-3-2-7-21(25)14-12-17-8-9-20-11-10-18-5-4-6-19-13-15-22(17)24(20)23(18)19;/h2-16H,1H3;1H/q+1;/p-1/b14-12+;. The van der Waals surface area contributed by atoms with E-state index in [1.165, 1.54) is 43.6 Å². The first-order valence-electron chi connectivity index (χ1n) is 8.60. The predicted molar refractivity (Wildman–Crippen MR) is 107 cm³/mol. The number of rotatable bonds is 2. The van der Waals surface area contributed by atoms with Crippen molar-refractivity contribution in [1.29, 1.82) is 0 Å². The zero-order valence-corrected chi connectivity index (χ0v) is 16.6.